The zero-order valence-corrected chi connectivity index (χ0v) is 8.29. The Kier molecular flexibility index (Phi) is 2.48. The van der Waals surface area contributed by atoms with Crippen LogP contribution in [-0.2, 0) is 0 Å². The number of nitrogens with zero attached hydrogens (tertiary/aromatic N) is 1. The van der Waals surface area contributed by atoms with E-state index in [4.69, 9.17) is 16.7 Å². The van der Waals surface area contributed by atoms with Crippen LogP contribution in [0.25, 0.3) is 0 Å². The van der Waals surface area contributed by atoms with Crippen molar-refractivity contribution >= 4 is 17.5 Å². The predicted molar refractivity (Wildman–Crippen MR) is 52.3 cm³/mol. The lowest BCUT2D eigenvalue weighted by atomic mass is 10.0. The summed E-state index contributed by atoms with van der Waals surface area (Å²) in [7, 11) is 0. The first-order valence-corrected chi connectivity index (χ1v) is 4.82. The van der Waals surface area contributed by atoms with Crippen LogP contribution >= 0.6 is 11.6 Å². The fraction of sp³-hybridized carbons (Fsp3) is 0.444. The van der Waals surface area contributed by atoms with Gasteiger partial charge in [0.15, 0.2) is 0 Å². The van der Waals surface area contributed by atoms with Crippen molar-refractivity contribution in [2.75, 3.05) is 19.7 Å². The van der Waals surface area contributed by atoms with Gasteiger partial charge in [0.25, 0.3) is 5.91 Å². The maximum Gasteiger partial charge on any atom is 0.270 e. The quantitative estimate of drug-likeness (QED) is 0.763. The molecule has 0 saturated carbocycles. The Hall–Kier alpha value is -1.00. The molecule has 2 heterocycles. The summed E-state index contributed by atoms with van der Waals surface area (Å²) in [6.07, 6.45) is 1.58. The molecule has 0 bridgehead atoms. The molecule has 2 N–H and O–H groups in total. The minimum Gasteiger partial charge on any atom is -0.396 e. The first-order chi connectivity index (χ1) is 6.70. The highest BCUT2D eigenvalue weighted by Gasteiger charge is 2.30. The number of aromatic amines is 1. The van der Waals surface area contributed by atoms with E-state index in [9.17, 15) is 4.79 Å². The predicted octanol–water partition coefficient (Wildman–Crippen LogP) is 0.732. The smallest absolute Gasteiger partial charge is 0.270 e. The molecule has 76 valence electrons. The third-order valence-electron chi connectivity index (χ3n) is 2.38. The number of carbonyl (C=O) groups is 1. The van der Waals surface area contributed by atoms with Gasteiger partial charge in [-0.2, -0.15) is 0 Å². The molecule has 1 amide bonds. The van der Waals surface area contributed by atoms with Crippen LogP contribution in [0.4, 0.5) is 0 Å². The Morgan fingerprint density at radius 1 is 1.71 bits per heavy atom. The van der Waals surface area contributed by atoms with Crippen molar-refractivity contribution in [3.05, 3.63) is 23.0 Å². The molecule has 2 rings (SSSR count). The van der Waals surface area contributed by atoms with Crippen LogP contribution in [0.2, 0.25) is 5.02 Å². The molecule has 1 aliphatic rings. The molecule has 0 aliphatic carbocycles. The van der Waals surface area contributed by atoms with Gasteiger partial charge >= 0.3 is 0 Å². The maximum atomic E-state index is 11.7. The second kappa shape index (κ2) is 3.63. The third kappa shape index (κ3) is 1.63. The normalized spacial score (nSPS) is 16.9. The van der Waals surface area contributed by atoms with Gasteiger partial charge in [-0.15, -0.1) is 0 Å². The van der Waals surface area contributed by atoms with Gasteiger partial charge in [-0.1, -0.05) is 11.6 Å². The third-order valence-corrected chi connectivity index (χ3v) is 2.60. The molecule has 1 fully saturated rings. The highest BCUT2D eigenvalue weighted by atomic mass is 35.5. The number of H-pyrrole nitrogens is 1. The summed E-state index contributed by atoms with van der Waals surface area (Å²) in [5, 5.41) is 9.33. The molecule has 1 saturated heterocycles. The summed E-state index contributed by atoms with van der Waals surface area (Å²) in [5.41, 5.74) is 0.506. The van der Waals surface area contributed by atoms with E-state index < -0.39 is 0 Å². The Morgan fingerprint density at radius 2 is 2.43 bits per heavy atom. The van der Waals surface area contributed by atoms with Gasteiger partial charge in [0.1, 0.15) is 5.69 Å². The number of aromatic nitrogens is 1. The van der Waals surface area contributed by atoms with Gasteiger partial charge < -0.3 is 15.0 Å². The number of aliphatic hydroxyl groups excluding tert-OH is 1. The van der Waals surface area contributed by atoms with Crippen LogP contribution in [0, 0.1) is 5.92 Å². The van der Waals surface area contributed by atoms with E-state index >= 15 is 0 Å². The van der Waals surface area contributed by atoms with E-state index in [0.29, 0.717) is 23.8 Å². The van der Waals surface area contributed by atoms with E-state index in [0.717, 1.165) is 0 Å². The molecule has 14 heavy (non-hydrogen) atoms. The largest absolute Gasteiger partial charge is 0.396 e. The van der Waals surface area contributed by atoms with Gasteiger partial charge in [0, 0.05) is 31.8 Å². The summed E-state index contributed by atoms with van der Waals surface area (Å²) in [6, 6.07) is 1.61. The second-order valence-corrected chi connectivity index (χ2v) is 3.93. The van der Waals surface area contributed by atoms with Gasteiger partial charge in [-0.25, -0.2) is 0 Å². The van der Waals surface area contributed by atoms with Crippen LogP contribution in [0.3, 0.4) is 0 Å². The Morgan fingerprint density at radius 3 is 2.93 bits per heavy atom. The molecule has 0 atom stereocenters. The second-order valence-electron chi connectivity index (χ2n) is 3.49. The highest BCUT2D eigenvalue weighted by Crippen LogP contribution is 2.19. The Labute approximate surface area is 86.5 Å². The zero-order valence-electron chi connectivity index (χ0n) is 7.53. The van der Waals surface area contributed by atoms with Crippen LogP contribution in [0.5, 0.6) is 0 Å². The number of rotatable bonds is 2. The van der Waals surface area contributed by atoms with Crippen LogP contribution in [0.1, 0.15) is 10.5 Å². The Balaban J connectivity index is 1.97. The average molecular weight is 215 g/mol. The fourth-order valence-electron chi connectivity index (χ4n) is 1.51. The molecular formula is C9H11ClN2O2. The number of likely N-dealkylation sites (tertiary alicyclic amines) is 1. The van der Waals surface area contributed by atoms with Gasteiger partial charge in [0.05, 0.1) is 5.02 Å². The van der Waals surface area contributed by atoms with Gasteiger partial charge in [-0.3, -0.25) is 4.79 Å². The van der Waals surface area contributed by atoms with Crippen molar-refractivity contribution in [1.82, 2.24) is 9.88 Å². The monoisotopic (exact) mass is 214 g/mol. The van der Waals surface area contributed by atoms with Crippen molar-refractivity contribution in [2.45, 2.75) is 0 Å². The summed E-state index contributed by atoms with van der Waals surface area (Å²) >= 11 is 5.68. The Bertz CT molecular complexity index is 344. The van der Waals surface area contributed by atoms with Crippen molar-refractivity contribution in [1.29, 1.82) is 0 Å². The van der Waals surface area contributed by atoms with Crippen LogP contribution in [0.15, 0.2) is 12.3 Å². The minimum absolute atomic E-state index is 0.0541. The number of hydrogen-bond donors (Lipinski definition) is 2. The van der Waals surface area contributed by atoms with Gasteiger partial charge in [0.2, 0.25) is 0 Å². The lowest BCUT2D eigenvalue weighted by Crippen LogP contribution is -2.51. The summed E-state index contributed by atoms with van der Waals surface area (Å²) < 4.78 is 0. The molecule has 1 aromatic rings. The van der Waals surface area contributed by atoms with Crippen molar-refractivity contribution in [2.24, 2.45) is 5.92 Å². The van der Waals surface area contributed by atoms with E-state index in [1.165, 1.54) is 0 Å². The van der Waals surface area contributed by atoms with Crippen LogP contribution < -0.4 is 0 Å². The van der Waals surface area contributed by atoms with Crippen LogP contribution in [-0.4, -0.2) is 40.6 Å². The van der Waals surface area contributed by atoms with E-state index in [2.05, 4.69) is 4.98 Å². The number of aliphatic hydroxyl groups is 1. The first-order valence-electron chi connectivity index (χ1n) is 4.44. The topological polar surface area (TPSA) is 56.3 Å². The standard InChI is InChI=1S/C9H11ClN2O2/c10-7-1-8(11-2-7)9(14)12-3-6(4-12)5-13/h1-2,6,11,13H,3-5H2. The molecule has 5 heteroatoms. The lowest BCUT2D eigenvalue weighted by molar-refractivity contribution is 0.0357. The molecule has 0 aromatic carbocycles. The SMILES string of the molecule is O=C(c1cc(Cl)c[nH]1)N1CC(CO)C1. The lowest BCUT2D eigenvalue weighted by Gasteiger charge is -2.37. The summed E-state index contributed by atoms with van der Waals surface area (Å²) in [6.45, 7) is 1.41. The fourth-order valence-corrected chi connectivity index (χ4v) is 1.68. The first kappa shape index (κ1) is 9.55. The van der Waals surface area contributed by atoms with E-state index in [1.807, 2.05) is 0 Å². The molecule has 0 spiro atoms. The number of halogens is 1. The number of carbonyl (C=O) groups excluding carboxylic acids is 1. The number of nitrogens with one attached hydrogen (secondary N) is 1. The average Bonchev–Trinajstić information content (AvgIpc) is 2.49. The van der Waals surface area contributed by atoms with Crippen molar-refractivity contribution < 1.29 is 9.90 Å². The number of amides is 1. The molecule has 1 aromatic heterocycles. The summed E-state index contributed by atoms with van der Waals surface area (Å²) in [4.78, 5) is 16.1. The molecule has 0 unspecified atom stereocenters. The molecule has 4 nitrogen and oxygen atoms in total. The molecule has 0 radical (unpaired) electrons. The van der Waals surface area contributed by atoms with E-state index in [-0.39, 0.29) is 18.4 Å². The van der Waals surface area contributed by atoms with Crippen molar-refractivity contribution in [3.8, 4) is 0 Å². The molecule has 1 aliphatic heterocycles. The maximum absolute atomic E-state index is 11.7. The van der Waals surface area contributed by atoms with Gasteiger partial charge in [-0.05, 0) is 6.07 Å². The number of hydrogen-bond acceptors (Lipinski definition) is 2. The minimum atomic E-state index is -0.0541. The molecular weight excluding hydrogens is 204 g/mol. The zero-order chi connectivity index (χ0) is 10.1. The summed E-state index contributed by atoms with van der Waals surface area (Å²) in [5.74, 6) is 0.186. The van der Waals surface area contributed by atoms with Crippen molar-refractivity contribution in [3.63, 3.8) is 0 Å². The van der Waals surface area contributed by atoms with E-state index in [1.54, 1.807) is 17.2 Å². The highest BCUT2D eigenvalue weighted by molar-refractivity contribution is 6.30.